The van der Waals surface area contributed by atoms with E-state index in [1.54, 1.807) is 0 Å². The van der Waals surface area contributed by atoms with Gasteiger partial charge in [0.2, 0.25) is 17.8 Å². The lowest BCUT2D eigenvalue weighted by Crippen LogP contribution is -2.29. The molecule has 0 amide bonds. The summed E-state index contributed by atoms with van der Waals surface area (Å²) in [6.45, 7) is 9.13. The largest absolute Gasteiger partial charge is 0.343 e. The molecule has 7 heteroatoms. The second-order valence-corrected chi connectivity index (χ2v) is 5.43. The molecule has 1 aliphatic rings. The Balaban J connectivity index is 2.20. The van der Waals surface area contributed by atoms with Crippen LogP contribution in [0.25, 0.3) is 0 Å². The van der Waals surface area contributed by atoms with E-state index in [-0.39, 0.29) is 0 Å². The van der Waals surface area contributed by atoms with Gasteiger partial charge in [-0.15, -0.1) is 0 Å². The quantitative estimate of drug-likeness (QED) is 0.571. The minimum atomic E-state index is 0.410. The van der Waals surface area contributed by atoms with E-state index in [4.69, 9.17) is 5.84 Å². The fourth-order valence-electron chi connectivity index (χ4n) is 2.32. The van der Waals surface area contributed by atoms with Gasteiger partial charge in [0.15, 0.2) is 0 Å². The Bertz CT molecular complexity index is 446. The molecule has 1 heterocycles. The van der Waals surface area contributed by atoms with Crippen molar-refractivity contribution in [3.05, 3.63) is 0 Å². The standard InChI is InChI=1S/C13H25N7/c1-5-20(6-2)13-16-11(18-14)15-12(17-13)19(4)8-10-7-9(10)3/h9-10H,5-8,14H2,1-4H3,(H,15,16,17,18). The number of nitrogen functional groups attached to an aromatic ring is 1. The van der Waals surface area contributed by atoms with Crippen LogP contribution in [0.3, 0.4) is 0 Å². The first-order valence-electron chi connectivity index (χ1n) is 7.27. The van der Waals surface area contributed by atoms with Crippen molar-refractivity contribution < 1.29 is 0 Å². The highest BCUT2D eigenvalue weighted by atomic mass is 15.4. The van der Waals surface area contributed by atoms with Gasteiger partial charge in [-0.3, -0.25) is 5.43 Å². The minimum Gasteiger partial charge on any atom is -0.343 e. The van der Waals surface area contributed by atoms with Gasteiger partial charge in [-0.05, 0) is 32.1 Å². The number of nitrogens with two attached hydrogens (primary N) is 1. The van der Waals surface area contributed by atoms with Gasteiger partial charge in [0, 0.05) is 26.7 Å². The van der Waals surface area contributed by atoms with E-state index in [1.165, 1.54) is 6.42 Å². The zero-order valence-corrected chi connectivity index (χ0v) is 12.8. The lowest BCUT2D eigenvalue weighted by Gasteiger charge is -2.22. The molecular weight excluding hydrogens is 254 g/mol. The molecule has 0 bridgehead atoms. The second-order valence-electron chi connectivity index (χ2n) is 5.43. The van der Waals surface area contributed by atoms with Crippen LogP contribution in [0.4, 0.5) is 17.8 Å². The summed E-state index contributed by atoms with van der Waals surface area (Å²) < 4.78 is 0. The number of nitrogens with one attached hydrogen (secondary N) is 1. The summed E-state index contributed by atoms with van der Waals surface area (Å²) in [6.07, 6.45) is 1.29. The molecule has 0 spiro atoms. The maximum absolute atomic E-state index is 5.47. The predicted octanol–water partition coefficient (Wildman–Crippen LogP) is 1.10. The first-order chi connectivity index (χ1) is 9.58. The molecule has 112 valence electrons. The molecule has 1 aromatic heterocycles. The minimum absolute atomic E-state index is 0.410. The van der Waals surface area contributed by atoms with Crippen molar-refractivity contribution in [2.75, 3.05) is 41.9 Å². The summed E-state index contributed by atoms with van der Waals surface area (Å²) in [5, 5.41) is 0. The van der Waals surface area contributed by atoms with Crippen LogP contribution in [0.2, 0.25) is 0 Å². The van der Waals surface area contributed by atoms with Crippen LogP contribution in [-0.4, -0.2) is 41.6 Å². The fourth-order valence-corrected chi connectivity index (χ4v) is 2.32. The molecule has 20 heavy (non-hydrogen) atoms. The molecule has 1 aromatic rings. The fraction of sp³-hybridized carbons (Fsp3) is 0.769. The van der Waals surface area contributed by atoms with Crippen LogP contribution in [0.1, 0.15) is 27.2 Å². The predicted molar refractivity (Wildman–Crippen MR) is 81.7 cm³/mol. The van der Waals surface area contributed by atoms with Gasteiger partial charge in [-0.2, -0.15) is 15.0 Å². The van der Waals surface area contributed by atoms with E-state index in [1.807, 2.05) is 7.05 Å². The third-order valence-electron chi connectivity index (χ3n) is 3.91. The molecule has 0 aliphatic heterocycles. The molecule has 1 aliphatic carbocycles. The molecule has 1 saturated carbocycles. The summed E-state index contributed by atoms with van der Waals surface area (Å²) in [5.74, 6) is 8.79. The Kier molecular flexibility index (Phi) is 4.59. The van der Waals surface area contributed by atoms with Crippen LogP contribution in [0.5, 0.6) is 0 Å². The molecule has 0 radical (unpaired) electrons. The third kappa shape index (κ3) is 3.27. The van der Waals surface area contributed by atoms with Crippen LogP contribution < -0.4 is 21.1 Å². The topological polar surface area (TPSA) is 83.2 Å². The number of aromatic nitrogens is 3. The first-order valence-corrected chi connectivity index (χ1v) is 7.27. The second kappa shape index (κ2) is 6.21. The van der Waals surface area contributed by atoms with E-state index in [0.717, 1.165) is 31.5 Å². The van der Waals surface area contributed by atoms with Crippen molar-refractivity contribution in [2.45, 2.75) is 27.2 Å². The lowest BCUT2D eigenvalue weighted by molar-refractivity contribution is 0.706. The lowest BCUT2D eigenvalue weighted by atomic mass is 10.3. The Morgan fingerprint density at radius 1 is 1.20 bits per heavy atom. The first kappa shape index (κ1) is 14.8. The van der Waals surface area contributed by atoms with Crippen LogP contribution >= 0.6 is 0 Å². The highest BCUT2D eigenvalue weighted by molar-refractivity contribution is 5.44. The van der Waals surface area contributed by atoms with Crippen molar-refractivity contribution >= 4 is 17.8 Å². The average Bonchev–Trinajstić information content (AvgIpc) is 3.15. The molecule has 0 saturated heterocycles. The van der Waals surface area contributed by atoms with Crippen molar-refractivity contribution in [2.24, 2.45) is 17.7 Å². The van der Waals surface area contributed by atoms with Gasteiger partial charge < -0.3 is 9.80 Å². The number of hydrogen-bond acceptors (Lipinski definition) is 7. The van der Waals surface area contributed by atoms with Gasteiger partial charge in [-0.1, -0.05) is 6.92 Å². The molecule has 2 rings (SSSR count). The van der Waals surface area contributed by atoms with E-state index >= 15 is 0 Å². The van der Waals surface area contributed by atoms with E-state index in [2.05, 4.69) is 50.9 Å². The van der Waals surface area contributed by atoms with Crippen molar-refractivity contribution in [3.63, 3.8) is 0 Å². The van der Waals surface area contributed by atoms with Crippen LogP contribution in [0, 0.1) is 11.8 Å². The molecule has 2 unspecified atom stereocenters. The number of hydrazine groups is 1. The van der Waals surface area contributed by atoms with Gasteiger partial charge in [0.1, 0.15) is 0 Å². The maximum atomic E-state index is 5.47. The van der Waals surface area contributed by atoms with Gasteiger partial charge in [-0.25, -0.2) is 5.84 Å². The Morgan fingerprint density at radius 2 is 1.80 bits per heavy atom. The number of rotatable bonds is 7. The van der Waals surface area contributed by atoms with Crippen molar-refractivity contribution in [1.82, 2.24) is 15.0 Å². The highest BCUT2D eigenvalue weighted by Crippen LogP contribution is 2.38. The van der Waals surface area contributed by atoms with E-state index < -0.39 is 0 Å². The maximum Gasteiger partial charge on any atom is 0.243 e. The van der Waals surface area contributed by atoms with Crippen LogP contribution in [-0.2, 0) is 0 Å². The Hall–Kier alpha value is -1.63. The van der Waals surface area contributed by atoms with Gasteiger partial charge >= 0.3 is 0 Å². The normalized spacial score (nSPS) is 20.6. The molecule has 1 fully saturated rings. The third-order valence-corrected chi connectivity index (χ3v) is 3.91. The van der Waals surface area contributed by atoms with E-state index in [0.29, 0.717) is 17.8 Å². The summed E-state index contributed by atoms with van der Waals surface area (Å²) in [4.78, 5) is 17.4. The monoisotopic (exact) mass is 279 g/mol. The zero-order valence-electron chi connectivity index (χ0n) is 12.8. The number of hydrogen-bond donors (Lipinski definition) is 2. The Morgan fingerprint density at radius 3 is 2.30 bits per heavy atom. The molecule has 3 N–H and O–H groups in total. The Labute approximate surface area is 120 Å². The van der Waals surface area contributed by atoms with E-state index in [9.17, 15) is 0 Å². The summed E-state index contributed by atoms with van der Waals surface area (Å²) in [7, 11) is 2.02. The zero-order chi connectivity index (χ0) is 14.7. The van der Waals surface area contributed by atoms with Crippen LogP contribution in [0.15, 0.2) is 0 Å². The summed E-state index contributed by atoms with van der Waals surface area (Å²) >= 11 is 0. The molecule has 2 atom stereocenters. The average molecular weight is 279 g/mol. The molecular formula is C13H25N7. The van der Waals surface area contributed by atoms with Crippen molar-refractivity contribution in [1.29, 1.82) is 0 Å². The smallest absolute Gasteiger partial charge is 0.243 e. The molecule has 7 nitrogen and oxygen atoms in total. The number of anilines is 3. The molecule has 0 aromatic carbocycles. The number of nitrogens with zero attached hydrogens (tertiary/aromatic N) is 5. The van der Waals surface area contributed by atoms with Crippen molar-refractivity contribution in [3.8, 4) is 0 Å². The van der Waals surface area contributed by atoms with Gasteiger partial charge in [0.25, 0.3) is 0 Å². The van der Waals surface area contributed by atoms with Gasteiger partial charge in [0.05, 0.1) is 0 Å². The highest BCUT2D eigenvalue weighted by Gasteiger charge is 2.33. The summed E-state index contributed by atoms with van der Waals surface area (Å²) in [6, 6.07) is 0. The summed E-state index contributed by atoms with van der Waals surface area (Å²) in [5.41, 5.74) is 2.53. The SMILES string of the molecule is CCN(CC)c1nc(NN)nc(N(C)CC2CC2C)n1.